The highest BCUT2D eigenvalue weighted by Gasteiger charge is 1.77. The van der Waals surface area contributed by atoms with Crippen LogP contribution in [0.3, 0.4) is 0 Å². The number of hydrogen-bond donors (Lipinski definition) is 1. The van der Waals surface area contributed by atoms with Crippen molar-refractivity contribution in [2.24, 2.45) is 0 Å². The molecule has 0 bridgehead atoms. The standard InChI is InChI=1S/C9H13N/c1-3-5-7-9-10-8-6-4-2/h10H,7-9H2,1-2H3. The van der Waals surface area contributed by atoms with Crippen LogP contribution in [0.5, 0.6) is 0 Å². The average Bonchev–Trinajstić information content (AvgIpc) is 1.97. The molecular weight excluding hydrogens is 122 g/mol. The summed E-state index contributed by atoms with van der Waals surface area (Å²) in [4.78, 5) is 0. The first kappa shape index (κ1) is 9.08. The third kappa shape index (κ3) is 7.08. The van der Waals surface area contributed by atoms with Crippen LogP contribution in [-0.4, -0.2) is 13.1 Å². The van der Waals surface area contributed by atoms with Gasteiger partial charge in [-0.1, -0.05) is 5.92 Å². The van der Waals surface area contributed by atoms with Gasteiger partial charge in [-0.3, -0.25) is 0 Å². The highest BCUT2D eigenvalue weighted by atomic mass is 14.8. The summed E-state index contributed by atoms with van der Waals surface area (Å²) >= 11 is 0. The maximum Gasteiger partial charge on any atom is 0.0576 e. The molecule has 0 radical (unpaired) electrons. The minimum atomic E-state index is 0.780. The third-order valence-corrected chi connectivity index (χ3v) is 0.994. The highest BCUT2D eigenvalue weighted by Crippen LogP contribution is 1.69. The molecule has 1 N–H and O–H groups in total. The molecule has 0 aromatic rings. The van der Waals surface area contributed by atoms with E-state index >= 15 is 0 Å². The second kappa shape index (κ2) is 8.08. The number of nitrogens with one attached hydrogen (secondary N) is 1. The lowest BCUT2D eigenvalue weighted by molar-refractivity contribution is 0.774. The van der Waals surface area contributed by atoms with Gasteiger partial charge in [0, 0.05) is 13.0 Å². The van der Waals surface area contributed by atoms with Crippen LogP contribution >= 0.6 is 0 Å². The van der Waals surface area contributed by atoms with E-state index in [4.69, 9.17) is 0 Å². The molecule has 0 aromatic carbocycles. The van der Waals surface area contributed by atoms with E-state index in [1.807, 2.05) is 13.8 Å². The maximum absolute atomic E-state index is 3.14. The summed E-state index contributed by atoms with van der Waals surface area (Å²) in [5.41, 5.74) is 0. The van der Waals surface area contributed by atoms with E-state index < -0.39 is 0 Å². The van der Waals surface area contributed by atoms with Crippen molar-refractivity contribution in [2.75, 3.05) is 13.1 Å². The van der Waals surface area contributed by atoms with Crippen molar-refractivity contribution in [1.82, 2.24) is 5.32 Å². The van der Waals surface area contributed by atoms with E-state index in [1.165, 1.54) is 0 Å². The predicted molar refractivity (Wildman–Crippen MR) is 44.4 cm³/mol. The van der Waals surface area contributed by atoms with Crippen molar-refractivity contribution in [3.8, 4) is 23.7 Å². The Morgan fingerprint density at radius 2 is 1.80 bits per heavy atom. The Bertz CT molecular complexity index is 150. The molecule has 0 atom stereocenters. The predicted octanol–water partition coefficient (Wildman–Crippen LogP) is 1.01. The van der Waals surface area contributed by atoms with Gasteiger partial charge in [0.05, 0.1) is 6.54 Å². The molecule has 0 unspecified atom stereocenters. The molecule has 0 aromatic heterocycles. The molecule has 0 amide bonds. The zero-order chi connectivity index (χ0) is 7.66. The second-order valence-electron chi connectivity index (χ2n) is 1.78. The Balaban J connectivity index is 3.00. The minimum absolute atomic E-state index is 0.780. The van der Waals surface area contributed by atoms with E-state index in [9.17, 15) is 0 Å². The Morgan fingerprint density at radius 3 is 2.40 bits per heavy atom. The molecule has 1 heteroatoms. The molecular formula is C9H13N. The van der Waals surface area contributed by atoms with Crippen LogP contribution in [0, 0.1) is 23.7 Å². The van der Waals surface area contributed by atoms with Crippen molar-refractivity contribution in [1.29, 1.82) is 0 Å². The van der Waals surface area contributed by atoms with E-state index in [2.05, 4.69) is 29.0 Å². The summed E-state index contributed by atoms with van der Waals surface area (Å²) < 4.78 is 0. The number of rotatable bonds is 3. The highest BCUT2D eigenvalue weighted by molar-refractivity contribution is 4.98. The van der Waals surface area contributed by atoms with Gasteiger partial charge in [0.25, 0.3) is 0 Å². The molecule has 0 aliphatic heterocycles. The van der Waals surface area contributed by atoms with E-state index in [1.54, 1.807) is 0 Å². The fourth-order valence-corrected chi connectivity index (χ4v) is 0.515. The average molecular weight is 135 g/mol. The SMILES string of the molecule is CC#CCCNCC#CC. The number of hydrogen-bond acceptors (Lipinski definition) is 1. The first-order chi connectivity index (χ1) is 4.91. The van der Waals surface area contributed by atoms with E-state index in [0.717, 1.165) is 19.5 Å². The third-order valence-electron chi connectivity index (χ3n) is 0.994. The van der Waals surface area contributed by atoms with Gasteiger partial charge in [-0.2, -0.15) is 0 Å². The van der Waals surface area contributed by atoms with Crippen LogP contribution in [0.2, 0.25) is 0 Å². The van der Waals surface area contributed by atoms with Crippen molar-refractivity contribution < 1.29 is 0 Å². The van der Waals surface area contributed by atoms with Crippen molar-refractivity contribution in [2.45, 2.75) is 20.3 Å². The molecule has 10 heavy (non-hydrogen) atoms. The maximum atomic E-state index is 3.14. The molecule has 0 saturated heterocycles. The molecule has 1 nitrogen and oxygen atoms in total. The van der Waals surface area contributed by atoms with Gasteiger partial charge in [0.2, 0.25) is 0 Å². The summed E-state index contributed by atoms with van der Waals surface area (Å²) in [6, 6.07) is 0. The Morgan fingerprint density at radius 1 is 1.10 bits per heavy atom. The summed E-state index contributed by atoms with van der Waals surface area (Å²) in [7, 11) is 0. The molecule has 0 saturated carbocycles. The van der Waals surface area contributed by atoms with Crippen LogP contribution in [0.25, 0.3) is 0 Å². The lowest BCUT2D eigenvalue weighted by atomic mass is 10.4. The largest absolute Gasteiger partial charge is 0.305 e. The Labute approximate surface area is 63.2 Å². The smallest absolute Gasteiger partial charge is 0.0576 e. The molecule has 0 aliphatic rings. The molecule has 54 valence electrons. The topological polar surface area (TPSA) is 12.0 Å². The van der Waals surface area contributed by atoms with Crippen LogP contribution in [0.15, 0.2) is 0 Å². The molecule has 0 spiro atoms. The summed E-state index contributed by atoms with van der Waals surface area (Å²) in [5.74, 6) is 11.5. The van der Waals surface area contributed by atoms with Crippen molar-refractivity contribution >= 4 is 0 Å². The Hall–Kier alpha value is -0.920. The normalized spacial score (nSPS) is 7.00. The van der Waals surface area contributed by atoms with Crippen molar-refractivity contribution in [3.05, 3.63) is 0 Å². The molecule has 0 aliphatic carbocycles. The van der Waals surface area contributed by atoms with E-state index in [-0.39, 0.29) is 0 Å². The van der Waals surface area contributed by atoms with E-state index in [0.29, 0.717) is 0 Å². The minimum Gasteiger partial charge on any atom is -0.305 e. The van der Waals surface area contributed by atoms with Gasteiger partial charge in [0.15, 0.2) is 0 Å². The van der Waals surface area contributed by atoms with Crippen LogP contribution in [-0.2, 0) is 0 Å². The first-order valence-electron chi connectivity index (χ1n) is 3.41. The summed E-state index contributed by atoms with van der Waals surface area (Å²) in [6.07, 6.45) is 0.919. The lowest BCUT2D eigenvalue weighted by Crippen LogP contribution is -2.14. The van der Waals surface area contributed by atoms with Gasteiger partial charge in [-0.25, -0.2) is 0 Å². The zero-order valence-corrected chi connectivity index (χ0v) is 6.62. The molecule has 0 heterocycles. The molecule has 0 rings (SSSR count). The van der Waals surface area contributed by atoms with Crippen molar-refractivity contribution in [3.63, 3.8) is 0 Å². The molecule has 0 fully saturated rings. The van der Waals surface area contributed by atoms with Gasteiger partial charge in [0.1, 0.15) is 0 Å². The fraction of sp³-hybridized carbons (Fsp3) is 0.556. The van der Waals surface area contributed by atoms with Gasteiger partial charge in [-0.15, -0.1) is 17.8 Å². The lowest BCUT2D eigenvalue weighted by Gasteiger charge is -1.92. The summed E-state index contributed by atoms with van der Waals surface area (Å²) in [5, 5.41) is 3.14. The van der Waals surface area contributed by atoms with Gasteiger partial charge in [-0.05, 0) is 13.8 Å². The second-order valence-corrected chi connectivity index (χ2v) is 1.78. The van der Waals surface area contributed by atoms with Gasteiger partial charge >= 0.3 is 0 Å². The first-order valence-corrected chi connectivity index (χ1v) is 3.41. The van der Waals surface area contributed by atoms with Crippen LogP contribution < -0.4 is 5.32 Å². The quantitative estimate of drug-likeness (QED) is 0.450. The van der Waals surface area contributed by atoms with Gasteiger partial charge < -0.3 is 5.32 Å². The van der Waals surface area contributed by atoms with Crippen LogP contribution in [0.1, 0.15) is 20.3 Å². The Kier molecular flexibility index (Phi) is 7.34. The van der Waals surface area contributed by atoms with Crippen LogP contribution in [0.4, 0.5) is 0 Å². The zero-order valence-electron chi connectivity index (χ0n) is 6.62. The fourth-order valence-electron chi connectivity index (χ4n) is 0.515. The summed E-state index contributed by atoms with van der Waals surface area (Å²) in [6.45, 7) is 5.41. The monoisotopic (exact) mass is 135 g/mol.